The van der Waals surface area contributed by atoms with E-state index in [0.717, 1.165) is 102 Å². The minimum atomic E-state index is -4.96. The minimum absolute atomic E-state index is 0.108. The molecule has 0 aromatic carbocycles. The molecule has 17 nitrogen and oxygen atoms in total. The fourth-order valence-electron chi connectivity index (χ4n) is 12.7. The Balaban J connectivity index is 5.26. The number of aliphatic hydroxyl groups excluding tert-OH is 1. The van der Waals surface area contributed by atoms with Gasteiger partial charge in [-0.05, 0) is 37.5 Å². The van der Waals surface area contributed by atoms with Crippen LogP contribution in [0.4, 0.5) is 0 Å². The van der Waals surface area contributed by atoms with E-state index in [2.05, 4.69) is 41.5 Å². The molecule has 0 amide bonds. The van der Waals surface area contributed by atoms with Crippen molar-refractivity contribution in [2.45, 2.75) is 452 Å². The predicted molar refractivity (Wildman–Crippen MR) is 414 cm³/mol. The number of hydrogen-bond donors (Lipinski definition) is 3. The molecule has 2 unspecified atom stereocenters. The fraction of sp³-hybridized carbons (Fsp3) is 0.951. The second kappa shape index (κ2) is 73.6. The highest BCUT2D eigenvalue weighted by atomic mass is 31.2. The van der Waals surface area contributed by atoms with Crippen LogP contribution in [0.2, 0.25) is 0 Å². The van der Waals surface area contributed by atoms with Gasteiger partial charge in [-0.1, -0.05) is 382 Å². The summed E-state index contributed by atoms with van der Waals surface area (Å²) in [5.41, 5.74) is 0. The van der Waals surface area contributed by atoms with E-state index in [-0.39, 0.29) is 25.7 Å². The summed E-state index contributed by atoms with van der Waals surface area (Å²) in [6.07, 6.45) is 63.6. The van der Waals surface area contributed by atoms with Crippen molar-refractivity contribution in [3.63, 3.8) is 0 Å². The molecule has 0 heterocycles. The lowest BCUT2D eigenvalue weighted by Gasteiger charge is -2.21. The van der Waals surface area contributed by atoms with Gasteiger partial charge in [-0.2, -0.15) is 0 Å². The average Bonchev–Trinajstić information content (AvgIpc) is 1.07. The van der Waals surface area contributed by atoms with Crippen LogP contribution >= 0.6 is 15.6 Å². The summed E-state index contributed by atoms with van der Waals surface area (Å²) in [6, 6.07) is 0. The van der Waals surface area contributed by atoms with E-state index in [1.165, 1.54) is 250 Å². The second-order valence-corrected chi connectivity index (χ2v) is 33.4. The number of aliphatic hydroxyl groups is 1. The maximum Gasteiger partial charge on any atom is 0.472 e. The molecule has 0 saturated carbocycles. The van der Waals surface area contributed by atoms with Crippen molar-refractivity contribution >= 4 is 39.5 Å². The molecule has 0 aliphatic carbocycles. The quantitative estimate of drug-likeness (QED) is 0.0222. The van der Waals surface area contributed by atoms with Gasteiger partial charge in [0.25, 0.3) is 0 Å². The lowest BCUT2D eigenvalue weighted by Crippen LogP contribution is -2.30. The Kier molecular flexibility index (Phi) is 72.2. The molecule has 0 spiro atoms. The van der Waals surface area contributed by atoms with E-state index in [0.29, 0.717) is 25.7 Å². The Labute approximate surface area is 619 Å². The SMILES string of the molecule is CCCCCCCCCCCCCCCC(=O)OC[C@H](COP(=O)(O)OC[C@H](O)COP(=O)(O)OC[C@@H](COC(=O)CCCCCCCCCCCCCCCC(C)C)OC(=O)CCCCCCCCCCCCCCCCCCC(C)C)OC(=O)CCCCCCCCCCCCCCC. The molecule has 0 fully saturated rings. The topological polar surface area (TPSA) is 237 Å². The zero-order valence-corrected chi connectivity index (χ0v) is 68.0. The number of rotatable bonds is 81. The van der Waals surface area contributed by atoms with Crippen LogP contribution in [0.15, 0.2) is 0 Å². The Morgan fingerprint density at radius 1 is 0.267 bits per heavy atom. The highest BCUT2D eigenvalue weighted by molar-refractivity contribution is 7.47. The third-order valence-corrected chi connectivity index (χ3v) is 21.1. The zero-order valence-electron chi connectivity index (χ0n) is 66.2. The van der Waals surface area contributed by atoms with Crippen molar-refractivity contribution < 1.29 is 80.2 Å². The van der Waals surface area contributed by atoms with Gasteiger partial charge in [0.15, 0.2) is 12.2 Å². The fourth-order valence-corrected chi connectivity index (χ4v) is 14.3. The van der Waals surface area contributed by atoms with Gasteiger partial charge in [-0.25, -0.2) is 9.13 Å². The van der Waals surface area contributed by atoms with Gasteiger partial charge in [0, 0.05) is 25.7 Å². The average molecular weight is 1480 g/mol. The number of carbonyl (C=O) groups excluding carboxylic acids is 4. The second-order valence-electron chi connectivity index (χ2n) is 30.5. The molecule has 0 radical (unpaired) electrons. The molecular weight excluding hydrogens is 1320 g/mol. The van der Waals surface area contributed by atoms with Crippen molar-refractivity contribution in [1.82, 2.24) is 0 Å². The van der Waals surface area contributed by atoms with Crippen LogP contribution in [-0.4, -0.2) is 96.7 Å². The Bertz CT molecular complexity index is 1940. The van der Waals surface area contributed by atoms with Gasteiger partial charge in [0.05, 0.1) is 26.4 Å². The number of carbonyl (C=O) groups is 4. The summed E-state index contributed by atoms with van der Waals surface area (Å²) in [5, 5.41) is 10.7. The van der Waals surface area contributed by atoms with Crippen LogP contribution < -0.4 is 0 Å². The van der Waals surface area contributed by atoms with E-state index >= 15 is 0 Å². The van der Waals surface area contributed by atoms with Gasteiger partial charge >= 0.3 is 39.5 Å². The normalized spacial score (nSPS) is 13.9. The summed E-state index contributed by atoms with van der Waals surface area (Å²) in [5.74, 6) is -0.503. The maximum absolute atomic E-state index is 13.1. The Hall–Kier alpha value is -1.94. The first-order chi connectivity index (χ1) is 48.9. The van der Waals surface area contributed by atoms with Crippen LogP contribution in [0.3, 0.4) is 0 Å². The van der Waals surface area contributed by atoms with Gasteiger partial charge < -0.3 is 33.8 Å². The molecule has 0 bridgehead atoms. The number of hydrogen-bond acceptors (Lipinski definition) is 15. The molecule has 0 aromatic rings. The van der Waals surface area contributed by atoms with Gasteiger partial charge in [0.2, 0.25) is 0 Å². The van der Waals surface area contributed by atoms with E-state index in [4.69, 9.17) is 37.0 Å². The van der Waals surface area contributed by atoms with Crippen molar-refractivity contribution in [2.75, 3.05) is 39.6 Å². The molecule has 101 heavy (non-hydrogen) atoms. The van der Waals surface area contributed by atoms with Gasteiger partial charge in [-0.15, -0.1) is 0 Å². The van der Waals surface area contributed by atoms with Crippen LogP contribution in [-0.2, 0) is 65.4 Å². The molecule has 0 aliphatic heterocycles. The smallest absolute Gasteiger partial charge is 0.462 e. The van der Waals surface area contributed by atoms with Gasteiger partial charge in [0.1, 0.15) is 19.3 Å². The van der Waals surface area contributed by atoms with Crippen LogP contribution in [0.5, 0.6) is 0 Å². The molecule has 0 rings (SSSR count). The third kappa shape index (κ3) is 76.1. The standard InChI is InChI=1S/C82H160O17P2/c1-7-9-11-13-15-17-19-26-34-40-46-52-58-64-79(84)92-70-77(98-81(86)66-60-54-48-42-36-27-20-18-16-14-12-10-8-2)72-96-100(88,89)94-68-76(83)69-95-101(90,91)97-73-78(71-93-80(85)65-59-53-47-41-35-31-25-29-33-39-45-51-57-63-75(5)6)99-82(87)67-61-55-49-43-37-30-24-22-21-23-28-32-38-44-50-56-62-74(3)4/h74-78,83H,7-73H2,1-6H3,(H,88,89)(H,90,91)/t76-,77+,78+/m0/s1. The first-order valence-corrected chi connectivity index (χ1v) is 45.5. The molecule has 0 aliphatic rings. The molecule has 0 aromatic heterocycles. The number of unbranched alkanes of at least 4 members (excludes halogenated alkanes) is 51. The first-order valence-electron chi connectivity index (χ1n) is 42.5. The molecule has 0 saturated heterocycles. The molecule has 5 atom stereocenters. The van der Waals surface area contributed by atoms with Crippen molar-refractivity contribution in [3.05, 3.63) is 0 Å². The lowest BCUT2D eigenvalue weighted by molar-refractivity contribution is -0.161. The number of phosphoric ester groups is 2. The Morgan fingerprint density at radius 3 is 0.673 bits per heavy atom. The molecular formula is C82H160O17P2. The van der Waals surface area contributed by atoms with Gasteiger partial charge in [-0.3, -0.25) is 37.3 Å². The monoisotopic (exact) mass is 1480 g/mol. The largest absolute Gasteiger partial charge is 0.472 e. The third-order valence-electron chi connectivity index (χ3n) is 19.2. The van der Waals surface area contributed by atoms with Crippen LogP contribution in [0, 0.1) is 11.8 Å². The summed E-state index contributed by atoms with van der Waals surface area (Å²) in [7, 11) is -9.92. The van der Waals surface area contributed by atoms with E-state index in [1.807, 2.05) is 0 Å². The summed E-state index contributed by atoms with van der Waals surface area (Å²) >= 11 is 0. The van der Waals surface area contributed by atoms with E-state index < -0.39 is 97.5 Å². The number of ether oxygens (including phenoxy) is 4. The van der Waals surface area contributed by atoms with Crippen molar-refractivity contribution in [1.29, 1.82) is 0 Å². The predicted octanol–water partition coefficient (Wildman–Crippen LogP) is 24.7. The summed E-state index contributed by atoms with van der Waals surface area (Å²) in [6.45, 7) is 9.70. The summed E-state index contributed by atoms with van der Waals surface area (Å²) in [4.78, 5) is 73.1. The molecule has 3 N–H and O–H groups in total. The number of esters is 4. The molecule has 19 heteroatoms. The molecule has 600 valence electrons. The minimum Gasteiger partial charge on any atom is -0.462 e. The van der Waals surface area contributed by atoms with Crippen molar-refractivity contribution in [2.24, 2.45) is 11.8 Å². The van der Waals surface area contributed by atoms with E-state index in [9.17, 15) is 43.2 Å². The van der Waals surface area contributed by atoms with E-state index in [1.54, 1.807) is 0 Å². The first kappa shape index (κ1) is 99.1. The Morgan fingerprint density at radius 2 is 0.455 bits per heavy atom. The van der Waals surface area contributed by atoms with Crippen molar-refractivity contribution in [3.8, 4) is 0 Å². The number of phosphoric acid groups is 2. The maximum atomic E-state index is 13.1. The zero-order chi connectivity index (χ0) is 74.2. The lowest BCUT2D eigenvalue weighted by atomic mass is 10.0. The highest BCUT2D eigenvalue weighted by Gasteiger charge is 2.30. The van der Waals surface area contributed by atoms with Crippen LogP contribution in [0.25, 0.3) is 0 Å². The summed E-state index contributed by atoms with van der Waals surface area (Å²) < 4.78 is 68.8. The van der Waals surface area contributed by atoms with Crippen LogP contribution in [0.1, 0.15) is 433 Å². The highest BCUT2D eigenvalue weighted by Crippen LogP contribution is 2.45.